The molecule has 0 radical (unpaired) electrons. The molecular formula is C28H32N2O2. The maximum absolute atomic E-state index is 12.1. The maximum atomic E-state index is 12.1. The minimum atomic E-state index is -0.0817. The molecule has 32 heavy (non-hydrogen) atoms. The molecule has 1 N–H and O–H groups in total. The van der Waals surface area contributed by atoms with E-state index in [0.717, 1.165) is 25.3 Å². The summed E-state index contributed by atoms with van der Waals surface area (Å²) >= 11 is 0. The van der Waals surface area contributed by atoms with E-state index in [4.69, 9.17) is 4.74 Å². The van der Waals surface area contributed by atoms with Gasteiger partial charge in [0.25, 0.3) is 5.91 Å². The lowest BCUT2D eigenvalue weighted by molar-refractivity contribution is -0.123. The van der Waals surface area contributed by atoms with Crippen LogP contribution in [-0.4, -0.2) is 30.5 Å². The van der Waals surface area contributed by atoms with Crippen LogP contribution in [0.25, 0.3) is 0 Å². The van der Waals surface area contributed by atoms with Gasteiger partial charge in [-0.2, -0.15) is 0 Å². The summed E-state index contributed by atoms with van der Waals surface area (Å²) in [6.45, 7) is 6.75. The van der Waals surface area contributed by atoms with E-state index in [0.29, 0.717) is 12.5 Å². The van der Waals surface area contributed by atoms with Crippen molar-refractivity contribution in [3.8, 4) is 5.75 Å². The van der Waals surface area contributed by atoms with Gasteiger partial charge >= 0.3 is 0 Å². The van der Waals surface area contributed by atoms with Gasteiger partial charge in [-0.05, 0) is 46.7 Å². The van der Waals surface area contributed by atoms with E-state index < -0.39 is 0 Å². The van der Waals surface area contributed by atoms with Crippen LogP contribution in [-0.2, 0) is 17.8 Å². The number of rotatable bonds is 8. The SMILES string of the molecule is CC(C)CNC(=O)COc1ccc2c(c1)C(c1ccccc1)N(Cc1ccccc1)CC2. The molecule has 0 aromatic heterocycles. The fourth-order valence-corrected chi connectivity index (χ4v) is 4.27. The van der Waals surface area contributed by atoms with Crippen LogP contribution in [0.2, 0.25) is 0 Å². The highest BCUT2D eigenvalue weighted by Crippen LogP contribution is 2.37. The number of fused-ring (bicyclic) bond motifs is 1. The van der Waals surface area contributed by atoms with Crippen molar-refractivity contribution >= 4 is 5.91 Å². The molecule has 3 aromatic carbocycles. The number of carbonyl (C=O) groups is 1. The second-order valence-electron chi connectivity index (χ2n) is 8.87. The molecule has 0 saturated carbocycles. The van der Waals surface area contributed by atoms with E-state index in [1.54, 1.807) is 0 Å². The first-order valence-corrected chi connectivity index (χ1v) is 11.5. The first kappa shape index (κ1) is 22.1. The summed E-state index contributed by atoms with van der Waals surface area (Å²) in [5.41, 5.74) is 5.19. The summed E-state index contributed by atoms with van der Waals surface area (Å²) < 4.78 is 5.87. The van der Waals surface area contributed by atoms with Crippen molar-refractivity contribution in [2.75, 3.05) is 19.7 Å². The van der Waals surface area contributed by atoms with Crippen LogP contribution in [0.4, 0.5) is 0 Å². The molecule has 1 aliphatic rings. The smallest absolute Gasteiger partial charge is 0.257 e. The Labute approximate surface area is 191 Å². The number of hydrogen-bond donors (Lipinski definition) is 1. The number of amides is 1. The molecule has 1 atom stereocenters. The van der Waals surface area contributed by atoms with E-state index in [-0.39, 0.29) is 18.6 Å². The third-order valence-electron chi connectivity index (χ3n) is 5.87. The Morgan fingerprint density at radius 1 is 1.03 bits per heavy atom. The second-order valence-corrected chi connectivity index (χ2v) is 8.87. The van der Waals surface area contributed by atoms with Gasteiger partial charge in [0.15, 0.2) is 6.61 Å². The van der Waals surface area contributed by atoms with Gasteiger partial charge in [-0.3, -0.25) is 9.69 Å². The van der Waals surface area contributed by atoms with Gasteiger partial charge in [0.05, 0.1) is 6.04 Å². The quantitative estimate of drug-likeness (QED) is 0.550. The summed E-state index contributed by atoms with van der Waals surface area (Å²) in [5.74, 6) is 1.08. The highest BCUT2D eigenvalue weighted by atomic mass is 16.5. The lowest BCUT2D eigenvalue weighted by atomic mass is 9.87. The highest BCUT2D eigenvalue weighted by Gasteiger charge is 2.29. The Bertz CT molecular complexity index is 1020. The zero-order chi connectivity index (χ0) is 22.3. The third kappa shape index (κ3) is 5.57. The molecule has 1 amide bonds. The van der Waals surface area contributed by atoms with Gasteiger partial charge in [-0.1, -0.05) is 80.6 Å². The van der Waals surface area contributed by atoms with Gasteiger partial charge in [0, 0.05) is 19.6 Å². The van der Waals surface area contributed by atoms with Gasteiger partial charge in [0.2, 0.25) is 0 Å². The molecule has 4 rings (SSSR count). The van der Waals surface area contributed by atoms with Gasteiger partial charge in [0.1, 0.15) is 5.75 Å². The molecule has 4 heteroatoms. The highest BCUT2D eigenvalue weighted by molar-refractivity contribution is 5.77. The van der Waals surface area contributed by atoms with E-state index >= 15 is 0 Å². The van der Waals surface area contributed by atoms with Crippen molar-refractivity contribution in [3.05, 3.63) is 101 Å². The predicted molar refractivity (Wildman–Crippen MR) is 129 cm³/mol. The Hall–Kier alpha value is -3.11. The number of hydrogen-bond acceptors (Lipinski definition) is 3. The van der Waals surface area contributed by atoms with Gasteiger partial charge in [-0.25, -0.2) is 0 Å². The fraction of sp³-hybridized carbons (Fsp3) is 0.321. The Kier molecular flexibility index (Phi) is 7.23. The average Bonchev–Trinajstić information content (AvgIpc) is 2.82. The van der Waals surface area contributed by atoms with Crippen molar-refractivity contribution in [1.29, 1.82) is 0 Å². The van der Waals surface area contributed by atoms with E-state index in [1.807, 2.05) is 6.07 Å². The molecule has 0 aliphatic carbocycles. The molecule has 0 fully saturated rings. The van der Waals surface area contributed by atoms with E-state index in [2.05, 4.69) is 96.9 Å². The van der Waals surface area contributed by atoms with Crippen molar-refractivity contribution in [1.82, 2.24) is 10.2 Å². The molecule has 1 aliphatic heterocycles. The van der Waals surface area contributed by atoms with Crippen molar-refractivity contribution in [2.24, 2.45) is 5.92 Å². The average molecular weight is 429 g/mol. The summed E-state index contributed by atoms with van der Waals surface area (Å²) in [6.07, 6.45) is 1.00. The summed E-state index contributed by atoms with van der Waals surface area (Å²) in [6, 6.07) is 27.7. The van der Waals surface area contributed by atoms with Crippen LogP contribution >= 0.6 is 0 Å². The Morgan fingerprint density at radius 3 is 2.47 bits per heavy atom. The predicted octanol–water partition coefficient (Wildman–Crippen LogP) is 4.99. The second kappa shape index (κ2) is 10.5. The number of carbonyl (C=O) groups excluding carboxylic acids is 1. The monoisotopic (exact) mass is 428 g/mol. The van der Waals surface area contributed by atoms with E-state index in [1.165, 1.54) is 22.3 Å². The number of nitrogens with one attached hydrogen (secondary N) is 1. The third-order valence-corrected chi connectivity index (χ3v) is 5.87. The zero-order valence-corrected chi connectivity index (χ0v) is 19.0. The number of benzene rings is 3. The van der Waals surface area contributed by atoms with Crippen molar-refractivity contribution < 1.29 is 9.53 Å². The normalized spacial score (nSPS) is 15.9. The summed E-state index contributed by atoms with van der Waals surface area (Å²) in [5, 5.41) is 2.91. The maximum Gasteiger partial charge on any atom is 0.257 e. The topological polar surface area (TPSA) is 41.6 Å². The van der Waals surface area contributed by atoms with Crippen LogP contribution in [0.15, 0.2) is 78.9 Å². The van der Waals surface area contributed by atoms with Crippen LogP contribution in [0.3, 0.4) is 0 Å². The summed E-state index contributed by atoms with van der Waals surface area (Å²) in [7, 11) is 0. The Balaban J connectivity index is 1.57. The lowest BCUT2D eigenvalue weighted by Gasteiger charge is -2.38. The molecule has 0 bridgehead atoms. The molecule has 0 spiro atoms. The molecule has 4 nitrogen and oxygen atoms in total. The van der Waals surface area contributed by atoms with Crippen molar-refractivity contribution in [2.45, 2.75) is 32.9 Å². The van der Waals surface area contributed by atoms with Crippen LogP contribution in [0.5, 0.6) is 5.75 Å². The lowest BCUT2D eigenvalue weighted by Crippen LogP contribution is -2.35. The fourth-order valence-electron chi connectivity index (χ4n) is 4.27. The molecule has 3 aromatic rings. The number of ether oxygens (including phenoxy) is 1. The van der Waals surface area contributed by atoms with E-state index in [9.17, 15) is 4.79 Å². The molecule has 1 unspecified atom stereocenters. The summed E-state index contributed by atoms with van der Waals surface area (Å²) in [4.78, 5) is 14.6. The first-order chi connectivity index (χ1) is 15.6. The zero-order valence-electron chi connectivity index (χ0n) is 19.0. The van der Waals surface area contributed by atoms with Crippen molar-refractivity contribution in [3.63, 3.8) is 0 Å². The molecule has 0 saturated heterocycles. The minimum Gasteiger partial charge on any atom is -0.484 e. The molecular weight excluding hydrogens is 396 g/mol. The van der Waals surface area contributed by atoms with Crippen LogP contribution < -0.4 is 10.1 Å². The first-order valence-electron chi connectivity index (χ1n) is 11.5. The largest absolute Gasteiger partial charge is 0.484 e. The molecule has 166 valence electrons. The van der Waals surface area contributed by atoms with Gasteiger partial charge in [-0.15, -0.1) is 0 Å². The minimum absolute atomic E-state index is 0.0369. The standard InChI is InChI=1S/C28H32N2O2/c1-21(2)18-29-27(31)20-32-25-14-13-23-15-16-30(19-22-9-5-3-6-10-22)28(26(23)17-25)24-11-7-4-8-12-24/h3-14,17,21,28H,15-16,18-20H2,1-2H3,(H,29,31). The molecule has 1 heterocycles. The Morgan fingerprint density at radius 2 is 1.75 bits per heavy atom. The van der Waals surface area contributed by atoms with Crippen LogP contribution in [0, 0.1) is 5.92 Å². The van der Waals surface area contributed by atoms with Crippen LogP contribution in [0.1, 0.15) is 42.1 Å². The number of nitrogens with zero attached hydrogens (tertiary/aromatic N) is 1. The van der Waals surface area contributed by atoms with Gasteiger partial charge < -0.3 is 10.1 Å².